The summed E-state index contributed by atoms with van der Waals surface area (Å²) in [6.45, 7) is 4.72. The van der Waals surface area contributed by atoms with Gasteiger partial charge >= 0.3 is 0 Å². The van der Waals surface area contributed by atoms with Crippen LogP contribution < -0.4 is 10.0 Å². The summed E-state index contributed by atoms with van der Waals surface area (Å²) in [5, 5.41) is 12.2. The summed E-state index contributed by atoms with van der Waals surface area (Å²) in [6.07, 6.45) is 0. The highest BCUT2D eigenvalue weighted by molar-refractivity contribution is 7.89. The smallest absolute Gasteiger partial charge is 0.240 e. The van der Waals surface area contributed by atoms with Gasteiger partial charge in [-0.1, -0.05) is 11.6 Å². The van der Waals surface area contributed by atoms with Crippen molar-refractivity contribution in [3.05, 3.63) is 28.8 Å². The summed E-state index contributed by atoms with van der Waals surface area (Å²) in [4.78, 5) is 2.27. The second kappa shape index (κ2) is 7.20. The number of nitrogens with one attached hydrogen (secondary N) is 2. The van der Waals surface area contributed by atoms with E-state index in [1.54, 1.807) is 0 Å². The molecular formula is C13H17ClN4O2S. The van der Waals surface area contributed by atoms with E-state index in [1.807, 2.05) is 6.07 Å². The van der Waals surface area contributed by atoms with Gasteiger partial charge in [0.25, 0.3) is 0 Å². The maximum Gasteiger partial charge on any atom is 0.240 e. The molecule has 0 amide bonds. The fraction of sp³-hybridized carbons (Fsp3) is 0.462. The highest BCUT2D eigenvalue weighted by Crippen LogP contribution is 2.19. The van der Waals surface area contributed by atoms with Crippen molar-refractivity contribution >= 4 is 21.6 Å². The van der Waals surface area contributed by atoms with Gasteiger partial charge in [0, 0.05) is 39.3 Å². The van der Waals surface area contributed by atoms with Crippen LogP contribution in [0.4, 0.5) is 0 Å². The van der Waals surface area contributed by atoms with E-state index in [1.165, 1.54) is 18.2 Å². The van der Waals surface area contributed by atoms with Gasteiger partial charge < -0.3 is 5.32 Å². The van der Waals surface area contributed by atoms with E-state index in [0.29, 0.717) is 13.1 Å². The van der Waals surface area contributed by atoms with Crippen LogP contribution in [-0.4, -0.2) is 52.6 Å². The van der Waals surface area contributed by atoms with Crippen LogP contribution in [0.15, 0.2) is 23.1 Å². The predicted molar refractivity (Wildman–Crippen MR) is 80.7 cm³/mol. The minimum atomic E-state index is -3.59. The molecule has 1 fully saturated rings. The third kappa shape index (κ3) is 4.40. The van der Waals surface area contributed by atoms with E-state index in [2.05, 4.69) is 14.9 Å². The molecule has 0 saturated carbocycles. The number of hydrogen-bond acceptors (Lipinski definition) is 5. The van der Waals surface area contributed by atoms with Crippen molar-refractivity contribution in [3.8, 4) is 6.07 Å². The topological polar surface area (TPSA) is 85.2 Å². The molecule has 0 radical (unpaired) electrons. The van der Waals surface area contributed by atoms with Gasteiger partial charge in [-0.15, -0.1) is 0 Å². The summed E-state index contributed by atoms with van der Waals surface area (Å²) >= 11 is 5.86. The van der Waals surface area contributed by atoms with E-state index in [9.17, 15) is 8.42 Å². The Bertz CT molecular complexity index is 636. The lowest BCUT2D eigenvalue weighted by Crippen LogP contribution is -2.46. The van der Waals surface area contributed by atoms with E-state index in [-0.39, 0.29) is 15.5 Å². The fourth-order valence-corrected chi connectivity index (χ4v) is 3.44. The molecule has 0 atom stereocenters. The zero-order valence-electron chi connectivity index (χ0n) is 11.5. The van der Waals surface area contributed by atoms with Crippen LogP contribution in [0, 0.1) is 11.3 Å². The minimum absolute atomic E-state index is 0.0758. The first kappa shape index (κ1) is 16.2. The zero-order chi connectivity index (χ0) is 15.3. The lowest BCUT2D eigenvalue weighted by molar-refractivity contribution is 0.245. The Morgan fingerprint density at radius 2 is 2.10 bits per heavy atom. The molecule has 0 aromatic heterocycles. The maximum absolute atomic E-state index is 12.1. The van der Waals surface area contributed by atoms with Crippen LogP contribution in [0.3, 0.4) is 0 Å². The van der Waals surface area contributed by atoms with Gasteiger partial charge in [-0.3, -0.25) is 4.90 Å². The molecule has 1 saturated heterocycles. The monoisotopic (exact) mass is 328 g/mol. The lowest BCUT2D eigenvalue weighted by Gasteiger charge is -2.27. The molecular weight excluding hydrogens is 312 g/mol. The normalized spacial score (nSPS) is 16.6. The second-order valence-corrected chi connectivity index (χ2v) is 6.92. The maximum atomic E-state index is 12.1. The highest BCUT2D eigenvalue weighted by atomic mass is 35.5. The fourth-order valence-electron chi connectivity index (χ4n) is 2.11. The van der Waals surface area contributed by atoms with Gasteiger partial charge in [0.15, 0.2) is 0 Å². The molecule has 2 rings (SSSR count). The number of halogens is 1. The van der Waals surface area contributed by atoms with Gasteiger partial charge in [0.1, 0.15) is 6.07 Å². The van der Waals surface area contributed by atoms with E-state index >= 15 is 0 Å². The van der Waals surface area contributed by atoms with E-state index in [0.717, 1.165) is 26.2 Å². The first-order chi connectivity index (χ1) is 10.0. The van der Waals surface area contributed by atoms with Crippen molar-refractivity contribution in [1.29, 1.82) is 5.26 Å². The molecule has 21 heavy (non-hydrogen) atoms. The number of sulfonamides is 1. The molecule has 0 unspecified atom stereocenters. The molecule has 8 heteroatoms. The minimum Gasteiger partial charge on any atom is -0.314 e. The number of nitriles is 1. The van der Waals surface area contributed by atoms with Crippen molar-refractivity contribution < 1.29 is 8.42 Å². The third-order valence-electron chi connectivity index (χ3n) is 3.30. The zero-order valence-corrected chi connectivity index (χ0v) is 13.0. The van der Waals surface area contributed by atoms with Crippen LogP contribution in [0.5, 0.6) is 0 Å². The van der Waals surface area contributed by atoms with Crippen molar-refractivity contribution in [2.45, 2.75) is 4.90 Å². The molecule has 0 spiro atoms. The van der Waals surface area contributed by atoms with Crippen molar-refractivity contribution in [2.75, 3.05) is 39.3 Å². The molecule has 0 bridgehead atoms. The number of rotatable bonds is 5. The Hall–Kier alpha value is -1.17. The molecule has 1 aromatic carbocycles. The van der Waals surface area contributed by atoms with Crippen molar-refractivity contribution in [2.24, 2.45) is 0 Å². The molecule has 0 aliphatic carbocycles. The second-order valence-electron chi connectivity index (χ2n) is 4.74. The average molecular weight is 329 g/mol. The van der Waals surface area contributed by atoms with Crippen molar-refractivity contribution in [3.63, 3.8) is 0 Å². The number of piperazine rings is 1. The Kier molecular flexibility index (Phi) is 5.56. The lowest BCUT2D eigenvalue weighted by atomic mass is 10.2. The number of hydrogen-bond donors (Lipinski definition) is 2. The van der Waals surface area contributed by atoms with Gasteiger partial charge in [-0.05, 0) is 18.2 Å². The largest absolute Gasteiger partial charge is 0.314 e. The summed E-state index contributed by atoms with van der Waals surface area (Å²) in [5.74, 6) is 0. The third-order valence-corrected chi connectivity index (χ3v) is 5.07. The van der Waals surface area contributed by atoms with E-state index in [4.69, 9.17) is 16.9 Å². The first-order valence-electron chi connectivity index (χ1n) is 6.65. The Labute approximate surface area is 129 Å². The molecule has 1 aromatic rings. The molecule has 1 aliphatic heterocycles. The average Bonchev–Trinajstić information content (AvgIpc) is 2.48. The standard InChI is InChI=1S/C13H17ClN4O2S/c14-13-9-12(2-1-11(13)10-15)21(19,20)17-5-8-18-6-3-16-4-7-18/h1-2,9,16-17H,3-8H2. The Balaban J connectivity index is 1.95. The number of nitrogens with zero attached hydrogens (tertiary/aromatic N) is 2. The molecule has 1 heterocycles. The Morgan fingerprint density at radius 3 is 2.71 bits per heavy atom. The summed E-state index contributed by atoms with van der Waals surface area (Å²) in [6, 6.07) is 6.00. The van der Waals surface area contributed by atoms with Gasteiger partial charge in [-0.2, -0.15) is 5.26 Å². The van der Waals surface area contributed by atoms with Gasteiger partial charge in [0.2, 0.25) is 10.0 Å². The van der Waals surface area contributed by atoms with Gasteiger partial charge in [-0.25, -0.2) is 13.1 Å². The van der Waals surface area contributed by atoms with Gasteiger partial charge in [0.05, 0.1) is 15.5 Å². The molecule has 2 N–H and O–H groups in total. The quantitative estimate of drug-likeness (QED) is 0.817. The van der Waals surface area contributed by atoms with Crippen LogP contribution in [0.25, 0.3) is 0 Å². The van der Waals surface area contributed by atoms with Crippen LogP contribution >= 0.6 is 11.6 Å². The van der Waals surface area contributed by atoms with Crippen LogP contribution in [0.2, 0.25) is 5.02 Å². The van der Waals surface area contributed by atoms with Crippen LogP contribution in [-0.2, 0) is 10.0 Å². The summed E-state index contributed by atoms with van der Waals surface area (Å²) < 4.78 is 26.8. The molecule has 1 aliphatic rings. The summed E-state index contributed by atoms with van der Waals surface area (Å²) in [5.41, 5.74) is 0.261. The summed E-state index contributed by atoms with van der Waals surface area (Å²) in [7, 11) is -3.59. The Morgan fingerprint density at radius 1 is 1.38 bits per heavy atom. The highest BCUT2D eigenvalue weighted by Gasteiger charge is 2.16. The van der Waals surface area contributed by atoms with Crippen LogP contribution in [0.1, 0.15) is 5.56 Å². The predicted octanol–water partition coefficient (Wildman–Crippen LogP) is 0.395. The first-order valence-corrected chi connectivity index (χ1v) is 8.51. The van der Waals surface area contributed by atoms with Crippen molar-refractivity contribution in [1.82, 2.24) is 14.9 Å². The number of benzene rings is 1. The SMILES string of the molecule is N#Cc1ccc(S(=O)(=O)NCCN2CCNCC2)cc1Cl. The molecule has 114 valence electrons. The molecule has 6 nitrogen and oxygen atoms in total. The van der Waals surface area contributed by atoms with E-state index < -0.39 is 10.0 Å².